The van der Waals surface area contributed by atoms with Crippen LogP contribution in [0, 0.1) is 0 Å². The molecule has 5 heteroatoms. The van der Waals surface area contributed by atoms with Crippen molar-refractivity contribution in [2.24, 2.45) is 0 Å². The molecule has 0 saturated carbocycles. The van der Waals surface area contributed by atoms with E-state index >= 15 is 0 Å². The molecule has 0 bridgehead atoms. The fourth-order valence-corrected chi connectivity index (χ4v) is 7.25. The van der Waals surface area contributed by atoms with Crippen molar-refractivity contribution in [2.75, 3.05) is 19.0 Å². The number of amides is 1. The molecule has 0 aliphatic carbocycles. The van der Waals surface area contributed by atoms with Gasteiger partial charge in [-0.15, -0.1) is 0 Å². The van der Waals surface area contributed by atoms with Gasteiger partial charge in [0.1, 0.15) is 0 Å². The van der Waals surface area contributed by atoms with Crippen LogP contribution in [0.15, 0.2) is 0 Å². The number of hydrogen-bond donors (Lipinski definition) is 1. The van der Waals surface area contributed by atoms with E-state index in [-0.39, 0.29) is 5.91 Å². The summed E-state index contributed by atoms with van der Waals surface area (Å²) in [5.41, 5.74) is 1.28. The lowest BCUT2D eigenvalue weighted by Crippen LogP contribution is -2.43. The summed E-state index contributed by atoms with van der Waals surface area (Å²) in [5.74, 6) is 0.0676. The first-order valence-corrected chi connectivity index (χ1v) is 10.2. The smallest absolute Gasteiger partial charge is 0.230 e. The summed E-state index contributed by atoms with van der Waals surface area (Å²) in [6.07, 6.45) is 2.18. The fourth-order valence-electron chi connectivity index (χ4n) is 2.62. The Bertz CT molecular complexity index is 239. The Labute approximate surface area is 121 Å². The quantitative estimate of drug-likeness (QED) is 0.396. The van der Waals surface area contributed by atoms with Gasteiger partial charge in [0.15, 0.2) is 8.32 Å². The minimum Gasteiger partial charge on any atom is -0.419 e. The highest BCUT2D eigenvalue weighted by molar-refractivity contribution is 9.09. The van der Waals surface area contributed by atoms with Crippen LogP contribution in [-0.2, 0) is 9.22 Å². The molecular formula is C13H28BrNO2Si. The number of halogens is 1. The molecule has 0 atom stereocenters. The molecule has 0 aromatic carbocycles. The van der Waals surface area contributed by atoms with E-state index in [0.29, 0.717) is 16.4 Å². The van der Waals surface area contributed by atoms with E-state index in [1.165, 1.54) is 6.04 Å². The summed E-state index contributed by atoms with van der Waals surface area (Å²) in [6, 6.07) is 1.18. The Morgan fingerprint density at radius 2 is 1.78 bits per heavy atom. The van der Waals surface area contributed by atoms with Crippen LogP contribution in [0.25, 0.3) is 0 Å². The first kappa shape index (κ1) is 18.1. The predicted octanol–water partition coefficient (Wildman–Crippen LogP) is 3.69. The van der Waals surface area contributed by atoms with E-state index < -0.39 is 8.32 Å². The zero-order valence-electron chi connectivity index (χ0n) is 12.4. The molecule has 18 heavy (non-hydrogen) atoms. The third-order valence-electron chi connectivity index (χ3n) is 3.77. The molecule has 0 fully saturated rings. The van der Waals surface area contributed by atoms with E-state index in [2.05, 4.69) is 48.9 Å². The first-order valence-electron chi connectivity index (χ1n) is 6.78. The molecule has 0 aliphatic rings. The van der Waals surface area contributed by atoms with Crippen molar-refractivity contribution in [3.8, 4) is 0 Å². The Morgan fingerprint density at radius 3 is 2.17 bits per heavy atom. The lowest BCUT2D eigenvalue weighted by atomic mass is 10.3. The second-order valence-electron chi connectivity index (χ2n) is 5.41. The van der Waals surface area contributed by atoms with Gasteiger partial charge < -0.3 is 9.74 Å². The van der Waals surface area contributed by atoms with Crippen LogP contribution in [0.2, 0.25) is 17.1 Å². The number of unbranched alkanes of at least 4 members (excludes halogenated alkanes) is 1. The predicted molar refractivity (Wildman–Crippen MR) is 83.8 cm³/mol. The van der Waals surface area contributed by atoms with Crippen LogP contribution in [0.4, 0.5) is 0 Å². The maximum atomic E-state index is 11.1. The number of alkyl halides is 1. The van der Waals surface area contributed by atoms with Gasteiger partial charge in [-0.2, -0.15) is 0 Å². The molecule has 1 N–H and O–H groups in total. The van der Waals surface area contributed by atoms with Crippen molar-refractivity contribution in [3.63, 3.8) is 0 Å². The summed E-state index contributed by atoms with van der Waals surface area (Å²) in [6.45, 7) is 9.89. The van der Waals surface area contributed by atoms with Crippen molar-refractivity contribution < 1.29 is 9.22 Å². The molecule has 0 saturated heterocycles. The number of carbonyl (C=O) groups is 1. The zero-order valence-corrected chi connectivity index (χ0v) is 15.0. The summed E-state index contributed by atoms with van der Waals surface area (Å²) < 4.78 is 5.95. The Balaban J connectivity index is 4.10. The van der Waals surface area contributed by atoms with Crippen molar-refractivity contribution in [1.29, 1.82) is 0 Å². The molecule has 1 amide bonds. The molecule has 3 nitrogen and oxygen atoms in total. The van der Waals surface area contributed by atoms with Gasteiger partial charge in [-0.1, -0.05) is 50.0 Å². The third-order valence-corrected chi connectivity index (χ3v) is 10.1. The standard InChI is InChI=1S/C13H28BrNO2Si/c1-11(2)18(17-5,12(3)4)9-7-6-8-15-13(16)10-14/h11-12H,6-10H2,1-5H3,(H,15,16). The van der Waals surface area contributed by atoms with Crippen LogP contribution < -0.4 is 5.32 Å². The maximum Gasteiger partial charge on any atom is 0.230 e. The topological polar surface area (TPSA) is 38.3 Å². The summed E-state index contributed by atoms with van der Waals surface area (Å²) in [5, 5.41) is 3.27. The third kappa shape index (κ3) is 5.41. The minimum atomic E-state index is -1.63. The SMILES string of the molecule is CO[Si](CCCCNC(=O)CBr)(C(C)C)C(C)C. The average molecular weight is 338 g/mol. The van der Waals surface area contributed by atoms with Gasteiger partial charge in [0.2, 0.25) is 5.91 Å². The van der Waals surface area contributed by atoms with E-state index in [1.54, 1.807) is 0 Å². The molecule has 0 aromatic rings. The molecule has 0 unspecified atom stereocenters. The Morgan fingerprint density at radius 1 is 1.22 bits per heavy atom. The highest BCUT2D eigenvalue weighted by Crippen LogP contribution is 2.37. The van der Waals surface area contributed by atoms with E-state index in [1.807, 2.05) is 7.11 Å². The molecule has 0 aromatic heterocycles. The molecule has 0 spiro atoms. The van der Waals surface area contributed by atoms with Gasteiger partial charge in [-0.25, -0.2) is 0 Å². The van der Waals surface area contributed by atoms with Crippen molar-refractivity contribution in [1.82, 2.24) is 5.32 Å². The molecular weight excluding hydrogens is 310 g/mol. The van der Waals surface area contributed by atoms with Crippen LogP contribution in [0.3, 0.4) is 0 Å². The number of nitrogens with one attached hydrogen (secondary N) is 1. The molecule has 0 heterocycles. The normalized spacial score (nSPS) is 12.2. The van der Waals surface area contributed by atoms with E-state index in [4.69, 9.17) is 4.43 Å². The Kier molecular flexibility index (Phi) is 9.16. The van der Waals surface area contributed by atoms with Crippen LogP contribution >= 0.6 is 15.9 Å². The van der Waals surface area contributed by atoms with E-state index in [0.717, 1.165) is 19.4 Å². The second-order valence-corrected chi connectivity index (χ2v) is 11.1. The van der Waals surface area contributed by atoms with Crippen LogP contribution in [0.5, 0.6) is 0 Å². The molecule has 0 radical (unpaired) electrons. The van der Waals surface area contributed by atoms with Gasteiger partial charge >= 0.3 is 0 Å². The lowest BCUT2D eigenvalue weighted by molar-refractivity contribution is -0.118. The first-order chi connectivity index (χ1) is 8.40. The summed E-state index contributed by atoms with van der Waals surface area (Å²) >= 11 is 3.14. The molecule has 0 rings (SSSR count). The van der Waals surface area contributed by atoms with Crippen LogP contribution in [-0.4, -0.2) is 33.2 Å². The average Bonchev–Trinajstić information content (AvgIpc) is 2.32. The minimum absolute atomic E-state index is 0.0676. The lowest BCUT2D eigenvalue weighted by Gasteiger charge is -2.37. The largest absolute Gasteiger partial charge is 0.419 e. The van der Waals surface area contributed by atoms with E-state index in [9.17, 15) is 4.79 Å². The highest BCUT2D eigenvalue weighted by atomic mass is 79.9. The van der Waals surface area contributed by atoms with Crippen LogP contribution in [0.1, 0.15) is 40.5 Å². The fraction of sp³-hybridized carbons (Fsp3) is 0.923. The Hall–Kier alpha value is 0.127. The number of carbonyl (C=O) groups excluding carboxylic acids is 1. The maximum absolute atomic E-state index is 11.1. The van der Waals surface area contributed by atoms with Gasteiger partial charge in [0, 0.05) is 13.7 Å². The zero-order chi connectivity index (χ0) is 14.2. The van der Waals surface area contributed by atoms with Gasteiger partial charge in [0.05, 0.1) is 5.33 Å². The van der Waals surface area contributed by atoms with Crippen molar-refractivity contribution in [2.45, 2.75) is 57.7 Å². The number of hydrogen-bond acceptors (Lipinski definition) is 2. The monoisotopic (exact) mass is 337 g/mol. The highest BCUT2D eigenvalue weighted by Gasteiger charge is 2.40. The van der Waals surface area contributed by atoms with Gasteiger partial charge in [-0.05, 0) is 23.5 Å². The number of rotatable bonds is 9. The van der Waals surface area contributed by atoms with Gasteiger partial charge in [0.25, 0.3) is 0 Å². The van der Waals surface area contributed by atoms with Gasteiger partial charge in [-0.3, -0.25) is 4.79 Å². The summed E-state index contributed by atoms with van der Waals surface area (Å²) in [4.78, 5) is 11.1. The molecule has 0 aliphatic heterocycles. The van der Waals surface area contributed by atoms with Crippen molar-refractivity contribution in [3.05, 3.63) is 0 Å². The second kappa shape index (κ2) is 9.10. The molecule has 108 valence electrons. The summed E-state index contributed by atoms with van der Waals surface area (Å²) in [7, 11) is 0.242. The van der Waals surface area contributed by atoms with Crippen molar-refractivity contribution >= 4 is 30.2 Å².